The van der Waals surface area contributed by atoms with E-state index < -0.39 is 10.0 Å². The van der Waals surface area contributed by atoms with Crippen molar-refractivity contribution < 1.29 is 8.42 Å². The Morgan fingerprint density at radius 2 is 1.95 bits per heavy atom. The predicted molar refractivity (Wildman–Crippen MR) is 87.1 cm³/mol. The molecule has 0 radical (unpaired) electrons. The lowest BCUT2D eigenvalue weighted by molar-refractivity contribution is 0.0905. The quantitative estimate of drug-likeness (QED) is 0.831. The van der Waals surface area contributed by atoms with E-state index >= 15 is 0 Å². The van der Waals surface area contributed by atoms with Crippen LogP contribution in [-0.4, -0.2) is 69.0 Å². The largest absolute Gasteiger partial charge is 0.304 e. The highest BCUT2D eigenvalue weighted by molar-refractivity contribution is 7.89. The molecule has 0 saturated carbocycles. The second kappa shape index (κ2) is 7.50. The third kappa shape index (κ3) is 4.49. The average Bonchev–Trinajstić information content (AvgIpc) is 2.50. The lowest BCUT2D eigenvalue weighted by atomic mass is 10.0. The highest BCUT2D eigenvalue weighted by Gasteiger charge is 2.26. The molecule has 0 unspecified atom stereocenters. The van der Waals surface area contributed by atoms with Crippen LogP contribution in [0.3, 0.4) is 0 Å². The Morgan fingerprint density at radius 3 is 2.50 bits per heavy atom. The van der Waals surface area contributed by atoms with Gasteiger partial charge in [0, 0.05) is 51.2 Å². The third-order valence-electron chi connectivity index (χ3n) is 4.20. The second-order valence-electron chi connectivity index (χ2n) is 6.19. The molecule has 22 heavy (non-hydrogen) atoms. The van der Waals surface area contributed by atoms with Crippen LogP contribution in [0.5, 0.6) is 0 Å². The Kier molecular flexibility index (Phi) is 5.91. The fourth-order valence-corrected chi connectivity index (χ4v) is 3.74. The minimum Gasteiger partial charge on any atom is -0.304 e. The van der Waals surface area contributed by atoms with Crippen molar-refractivity contribution >= 4 is 10.0 Å². The molecular weight excluding hydrogens is 300 g/mol. The van der Waals surface area contributed by atoms with Gasteiger partial charge in [-0.15, -0.1) is 0 Å². The maximum Gasteiger partial charge on any atom is 0.242 e. The maximum atomic E-state index is 12.3. The summed E-state index contributed by atoms with van der Waals surface area (Å²) >= 11 is 0. The number of nitrogens with zero attached hydrogens (tertiary/aromatic N) is 3. The Bertz CT molecular complexity index is 554. The first-order valence-corrected chi connectivity index (χ1v) is 9.21. The van der Waals surface area contributed by atoms with E-state index in [1.807, 2.05) is 0 Å². The van der Waals surface area contributed by atoms with E-state index in [-0.39, 0.29) is 10.9 Å². The molecule has 6 nitrogen and oxygen atoms in total. The molecule has 1 aliphatic rings. The predicted octanol–water partition coefficient (Wildman–Crippen LogP) is 0.632. The summed E-state index contributed by atoms with van der Waals surface area (Å²) in [6.45, 7) is 8.72. The smallest absolute Gasteiger partial charge is 0.242 e. The zero-order chi connectivity index (χ0) is 16.2. The summed E-state index contributed by atoms with van der Waals surface area (Å²) in [6, 6.07) is 3.41. The van der Waals surface area contributed by atoms with Crippen LogP contribution in [-0.2, 0) is 10.0 Å². The highest BCUT2D eigenvalue weighted by Crippen LogP contribution is 2.14. The number of nitrogens with one attached hydrogen (secondary N) is 1. The summed E-state index contributed by atoms with van der Waals surface area (Å²) < 4.78 is 27.4. The van der Waals surface area contributed by atoms with Gasteiger partial charge in [0.15, 0.2) is 0 Å². The monoisotopic (exact) mass is 326 g/mol. The van der Waals surface area contributed by atoms with E-state index in [1.54, 1.807) is 18.3 Å². The van der Waals surface area contributed by atoms with Crippen LogP contribution in [0.2, 0.25) is 0 Å². The molecule has 0 aliphatic carbocycles. The zero-order valence-electron chi connectivity index (χ0n) is 13.6. The lowest BCUT2D eigenvalue weighted by Crippen LogP contribution is -2.54. The minimum absolute atomic E-state index is 0.208. The van der Waals surface area contributed by atoms with Crippen molar-refractivity contribution in [3.8, 4) is 0 Å². The van der Waals surface area contributed by atoms with Crippen molar-refractivity contribution in [2.45, 2.75) is 24.8 Å². The van der Waals surface area contributed by atoms with E-state index in [4.69, 9.17) is 0 Å². The number of rotatable bonds is 6. The molecule has 1 aromatic heterocycles. The summed E-state index contributed by atoms with van der Waals surface area (Å²) in [5, 5.41) is 0. The molecule has 1 aliphatic heterocycles. The van der Waals surface area contributed by atoms with Crippen molar-refractivity contribution in [1.82, 2.24) is 19.5 Å². The zero-order valence-corrected chi connectivity index (χ0v) is 14.4. The Balaban J connectivity index is 2.00. The number of hydrogen-bond acceptors (Lipinski definition) is 5. The van der Waals surface area contributed by atoms with Crippen LogP contribution in [0, 0.1) is 5.92 Å². The van der Waals surface area contributed by atoms with Crippen LogP contribution in [0.4, 0.5) is 0 Å². The van der Waals surface area contributed by atoms with Gasteiger partial charge in [0.25, 0.3) is 0 Å². The molecule has 1 fully saturated rings. The van der Waals surface area contributed by atoms with Crippen LogP contribution >= 0.6 is 0 Å². The molecule has 1 N–H and O–H groups in total. The van der Waals surface area contributed by atoms with Gasteiger partial charge in [-0.2, -0.15) is 0 Å². The topological polar surface area (TPSA) is 65.5 Å². The lowest BCUT2D eigenvalue weighted by Gasteiger charge is -2.39. The summed E-state index contributed by atoms with van der Waals surface area (Å²) in [5.74, 6) is 0.389. The van der Waals surface area contributed by atoms with E-state index in [0.29, 0.717) is 12.5 Å². The van der Waals surface area contributed by atoms with Crippen LogP contribution < -0.4 is 4.72 Å². The first kappa shape index (κ1) is 17.3. The average molecular weight is 326 g/mol. The molecule has 0 spiro atoms. The molecule has 1 atom stereocenters. The van der Waals surface area contributed by atoms with Crippen LogP contribution in [0.25, 0.3) is 0 Å². The number of hydrogen-bond donors (Lipinski definition) is 1. The van der Waals surface area contributed by atoms with Gasteiger partial charge in [-0.1, -0.05) is 13.8 Å². The van der Waals surface area contributed by atoms with Crippen molar-refractivity contribution in [3.05, 3.63) is 24.5 Å². The highest BCUT2D eigenvalue weighted by atomic mass is 32.2. The van der Waals surface area contributed by atoms with Crippen molar-refractivity contribution in [2.24, 2.45) is 5.92 Å². The van der Waals surface area contributed by atoms with Crippen molar-refractivity contribution in [1.29, 1.82) is 0 Å². The molecule has 1 saturated heterocycles. The number of likely N-dealkylation sites (N-methyl/N-ethyl adjacent to an activating group) is 1. The van der Waals surface area contributed by atoms with Gasteiger partial charge in [-0.25, -0.2) is 13.1 Å². The van der Waals surface area contributed by atoms with Crippen molar-refractivity contribution in [3.63, 3.8) is 0 Å². The number of pyridine rings is 1. The van der Waals surface area contributed by atoms with Gasteiger partial charge in [0.2, 0.25) is 10.0 Å². The fraction of sp³-hybridized carbons (Fsp3) is 0.667. The van der Waals surface area contributed by atoms with Gasteiger partial charge >= 0.3 is 0 Å². The van der Waals surface area contributed by atoms with Gasteiger partial charge in [-0.3, -0.25) is 9.88 Å². The molecule has 0 bridgehead atoms. The minimum atomic E-state index is -3.49. The fourth-order valence-electron chi connectivity index (χ4n) is 2.72. The van der Waals surface area contributed by atoms with Crippen LogP contribution in [0.15, 0.2) is 29.4 Å². The first-order valence-electron chi connectivity index (χ1n) is 7.72. The Labute approximate surface area is 133 Å². The molecule has 2 rings (SSSR count). The van der Waals surface area contributed by atoms with E-state index in [0.717, 1.165) is 26.2 Å². The number of aromatic nitrogens is 1. The van der Waals surface area contributed by atoms with Gasteiger partial charge < -0.3 is 4.90 Å². The maximum absolute atomic E-state index is 12.3. The summed E-state index contributed by atoms with van der Waals surface area (Å²) in [7, 11) is -1.37. The van der Waals surface area contributed by atoms with E-state index in [1.165, 1.54) is 6.20 Å². The second-order valence-corrected chi connectivity index (χ2v) is 7.96. The van der Waals surface area contributed by atoms with E-state index in [9.17, 15) is 8.42 Å². The number of sulfonamides is 1. The molecule has 124 valence electrons. The third-order valence-corrected chi connectivity index (χ3v) is 5.61. The Morgan fingerprint density at radius 1 is 1.27 bits per heavy atom. The molecule has 0 aromatic carbocycles. The van der Waals surface area contributed by atoms with Crippen molar-refractivity contribution in [2.75, 3.05) is 39.8 Å². The van der Waals surface area contributed by atoms with Crippen LogP contribution in [0.1, 0.15) is 13.8 Å². The number of piperazine rings is 1. The first-order chi connectivity index (χ1) is 10.4. The SMILES string of the molecule is CC(C)[C@H](CNS(=O)(=O)c1cccnc1)N1CCN(C)CC1. The molecular formula is C15H26N4O2S. The molecule has 7 heteroatoms. The molecule has 2 heterocycles. The van der Waals surface area contributed by atoms with E-state index in [2.05, 4.69) is 40.4 Å². The van der Waals surface area contributed by atoms with Gasteiger partial charge in [0.1, 0.15) is 4.90 Å². The van der Waals surface area contributed by atoms with Gasteiger partial charge in [-0.05, 0) is 25.1 Å². The summed E-state index contributed by atoms with van der Waals surface area (Å²) in [6.07, 6.45) is 2.95. The Hall–Kier alpha value is -1.02. The summed E-state index contributed by atoms with van der Waals surface area (Å²) in [4.78, 5) is 8.78. The molecule has 0 amide bonds. The normalized spacial score (nSPS) is 19.5. The summed E-state index contributed by atoms with van der Waals surface area (Å²) in [5.41, 5.74) is 0. The van der Waals surface area contributed by atoms with Gasteiger partial charge in [0.05, 0.1) is 0 Å². The molecule has 1 aromatic rings. The standard InChI is InChI=1S/C15H26N4O2S/c1-13(2)15(19-9-7-18(3)8-10-19)12-17-22(20,21)14-5-4-6-16-11-14/h4-6,11,13,15,17H,7-10,12H2,1-3H3/t15-/m0/s1.